The molecule has 0 aromatic heterocycles. The molecule has 2 aromatic rings. The maximum Gasteiger partial charge on any atom is 2.00 e. The topological polar surface area (TPSA) is 74.2 Å². The van der Waals surface area contributed by atoms with Gasteiger partial charge in [-0.2, -0.15) is 12.1 Å². The van der Waals surface area contributed by atoms with Crippen LogP contribution in [0.4, 0.5) is 5.69 Å². The average molecular weight is 751 g/mol. The Morgan fingerprint density at radius 2 is 1.95 bits per heavy atom. The Morgan fingerprint density at radius 1 is 1.24 bits per heavy atom. The minimum atomic E-state index is 0. The van der Waals surface area contributed by atoms with E-state index in [1.165, 1.54) is 5.69 Å². The third-order valence-electron chi connectivity index (χ3n) is 5.41. The number of nitrogens with two attached hydrogens (primary N) is 1. The minimum absolute atomic E-state index is 0. The molecule has 37 heavy (non-hydrogen) atoms. The Bertz CT molecular complexity index is 1030. The smallest absolute Gasteiger partial charge is 0.523 e. The van der Waals surface area contributed by atoms with Gasteiger partial charge in [0.05, 0.1) is 20.3 Å². The van der Waals surface area contributed by atoms with Crippen molar-refractivity contribution in [3.63, 3.8) is 0 Å². The Hall–Kier alpha value is -0.822. The summed E-state index contributed by atoms with van der Waals surface area (Å²) in [6.07, 6.45) is 7.19. The Kier molecular flexibility index (Phi) is 19.7. The van der Waals surface area contributed by atoms with Crippen LogP contribution in [0, 0.1) is 44.6 Å². The Labute approximate surface area is 289 Å². The largest absolute Gasteiger partial charge is 2.00 e. The van der Waals surface area contributed by atoms with Crippen molar-refractivity contribution in [1.29, 1.82) is 0 Å². The summed E-state index contributed by atoms with van der Waals surface area (Å²) < 4.78 is 10.7. The molecule has 2 N–H and O–H groups in total. The summed E-state index contributed by atoms with van der Waals surface area (Å²) in [5.41, 5.74) is 11.2. The zero-order valence-corrected chi connectivity index (χ0v) is 30.0. The van der Waals surface area contributed by atoms with E-state index in [1.807, 2.05) is 30.4 Å². The molecule has 0 unspecified atom stereocenters. The molecule has 0 aliphatic carbocycles. The second-order valence-electron chi connectivity index (χ2n) is 7.94. The van der Waals surface area contributed by atoms with E-state index in [1.54, 1.807) is 13.2 Å². The van der Waals surface area contributed by atoms with Crippen LogP contribution in [0.1, 0.15) is 30.9 Å². The molecule has 1 aliphatic heterocycles. The average Bonchev–Trinajstić information content (AvgIpc) is 2.88. The standard InChI is InChI=1S/C28H34N4O2.CH3.K.U/c1-4-7-24(31-27(8-5-2)23-9-6-10-26(19-23)33-3)20-28(29)30-21-22-11-13-25(14-12-22)32-15-17-34-18-16-32;;;/h5-6,8-9,11-14,19-20H,2,4,7,15-18,21,29H2,1,3H3;1H3;;/q-2;-1;+1;+2/b27-8-,28-20+,31-24-;;;. The van der Waals surface area contributed by atoms with Gasteiger partial charge in [0, 0.05) is 35.9 Å². The van der Waals surface area contributed by atoms with Crippen LogP contribution in [-0.2, 0) is 11.3 Å². The van der Waals surface area contributed by atoms with Crippen molar-refractivity contribution >= 4 is 17.1 Å². The second kappa shape index (κ2) is 20.1. The van der Waals surface area contributed by atoms with Crippen LogP contribution in [0.3, 0.4) is 0 Å². The summed E-state index contributed by atoms with van der Waals surface area (Å²) in [5, 5.41) is 4.57. The number of anilines is 1. The van der Waals surface area contributed by atoms with E-state index in [4.69, 9.17) is 20.2 Å². The molecular weight excluding hydrogens is 713 g/mol. The van der Waals surface area contributed by atoms with Gasteiger partial charge in [-0.15, -0.1) is 17.7 Å². The molecule has 0 bridgehead atoms. The molecule has 0 spiro atoms. The SMILES string of the molecule is C=C\C=C(/N=C(\C=C(/N)[N-]Cc1ccc(N2CCOCC2)cc1)CCC)c1cc[c-]c(OC)c1.[CH3-].[K+].[U+2]. The van der Waals surface area contributed by atoms with Crippen molar-refractivity contribution in [2.45, 2.75) is 26.3 Å². The predicted molar refractivity (Wildman–Crippen MR) is 148 cm³/mol. The molecule has 0 saturated carbocycles. The van der Waals surface area contributed by atoms with Crippen molar-refractivity contribution in [2.75, 3.05) is 38.3 Å². The fourth-order valence-electron chi connectivity index (χ4n) is 3.64. The molecule has 1 fully saturated rings. The summed E-state index contributed by atoms with van der Waals surface area (Å²) in [6, 6.07) is 17.2. The second-order valence-corrected chi connectivity index (χ2v) is 7.94. The molecule has 190 valence electrons. The van der Waals surface area contributed by atoms with Crippen LogP contribution < -0.4 is 66.8 Å². The van der Waals surface area contributed by atoms with E-state index in [0.717, 1.165) is 61.7 Å². The minimum Gasteiger partial charge on any atom is -0.523 e. The molecule has 1 heterocycles. The number of aliphatic imine (C=N–C) groups is 1. The van der Waals surface area contributed by atoms with Gasteiger partial charge in [0.2, 0.25) is 0 Å². The predicted octanol–water partition coefficient (Wildman–Crippen LogP) is 2.93. The quantitative estimate of drug-likeness (QED) is 0.166. The molecule has 0 atom stereocenters. The van der Waals surface area contributed by atoms with E-state index in [0.29, 0.717) is 18.1 Å². The monoisotopic (exact) mass is 750 g/mol. The molecular formula is C29H37KN4O2U. The third-order valence-corrected chi connectivity index (χ3v) is 5.41. The fourth-order valence-corrected chi connectivity index (χ4v) is 3.64. The molecule has 6 nitrogen and oxygen atoms in total. The number of benzene rings is 2. The number of methoxy groups -OCH3 is 1. The number of allylic oxidation sites excluding steroid dienone is 3. The number of rotatable bonds is 11. The molecule has 0 amide bonds. The van der Waals surface area contributed by atoms with Gasteiger partial charge in [-0.1, -0.05) is 44.0 Å². The van der Waals surface area contributed by atoms with E-state index in [9.17, 15) is 0 Å². The van der Waals surface area contributed by atoms with Crippen LogP contribution in [0.2, 0.25) is 0 Å². The summed E-state index contributed by atoms with van der Waals surface area (Å²) in [5.74, 6) is 1.12. The first-order valence-electron chi connectivity index (χ1n) is 11.7. The van der Waals surface area contributed by atoms with Gasteiger partial charge in [0.15, 0.2) is 0 Å². The first kappa shape index (κ1) is 36.2. The van der Waals surface area contributed by atoms with Gasteiger partial charge in [0.1, 0.15) is 0 Å². The maximum absolute atomic E-state index is 6.26. The van der Waals surface area contributed by atoms with E-state index < -0.39 is 0 Å². The van der Waals surface area contributed by atoms with Crippen LogP contribution in [0.15, 0.2) is 78.1 Å². The van der Waals surface area contributed by atoms with Crippen molar-refractivity contribution in [3.05, 3.63) is 103 Å². The molecule has 1 aliphatic rings. The van der Waals surface area contributed by atoms with Gasteiger partial charge < -0.3 is 32.9 Å². The van der Waals surface area contributed by atoms with Crippen molar-refractivity contribution in [3.8, 4) is 5.75 Å². The molecule has 8 heteroatoms. The van der Waals surface area contributed by atoms with Crippen molar-refractivity contribution in [2.24, 2.45) is 10.7 Å². The first-order chi connectivity index (χ1) is 16.6. The van der Waals surface area contributed by atoms with E-state index in [-0.39, 0.29) is 89.9 Å². The first-order valence-corrected chi connectivity index (χ1v) is 11.7. The Balaban J connectivity index is 0.00000432. The molecule has 1 saturated heterocycles. The molecule has 3 rings (SSSR count). The zero-order valence-electron chi connectivity index (χ0n) is 22.7. The normalized spacial score (nSPS) is 14.0. The van der Waals surface area contributed by atoms with Crippen molar-refractivity contribution < 1.29 is 92.0 Å². The summed E-state index contributed by atoms with van der Waals surface area (Å²) in [6.45, 7) is 9.87. The number of ether oxygens (including phenoxy) is 2. The fraction of sp³-hybridized carbons (Fsp3) is 0.310. The maximum atomic E-state index is 6.26. The van der Waals surface area contributed by atoms with E-state index in [2.05, 4.69) is 54.1 Å². The van der Waals surface area contributed by atoms with Crippen molar-refractivity contribution in [1.82, 2.24) is 0 Å². The van der Waals surface area contributed by atoms with Crippen LogP contribution in [0.25, 0.3) is 11.0 Å². The van der Waals surface area contributed by atoms with Gasteiger partial charge >= 0.3 is 82.5 Å². The van der Waals surface area contributed by atoms with Gasteiger partial charge in [0.25, 0.3) is 0 Å². The third kappa shape index (κ3) is 12.3. The number of hydrogen-bond acceptors (Lipinski definition) is 5. The number of hydrogen-bond donors (Lipinski definition) is 1. The van der Waals surface area contributed by atoms with Gasteiger partial charge in [-0.05, 0) is 42.8 Å². The zero-order chi connectivity index (χ0) is 24.2. The van der Waals surface area contributed by atoms with Crippen LogP contribution >= 0.6 is 0 Å². The summed E-state index contributed by atoms with van der Waals surface area (Å²) in [4.78, 5) is 7.20. The Morgan fingerprint density at radius 3 is 2.57 bits per heavy atom. The van der Waals surface area contributed by atoms with Gasteiger partial charge in [-0.3, -0.25) is 4.99 Å². The van der Waals surface area contributed by atoms with Crippen LogP contribution in [-0.4, -0.2) is 39.1 Å². The summed E-state index contributed by atoms with van der Waals surface area (Å²) >= 11 is 0. The summed E-state index contributed by atoms with van der Waals surface area (Å²) in [7, 11) is 1.62. The van der Waals surface area contributed by atoms with Crippen LogP contribution in [0.5, 0.6) is 5.75 Å². The number of nitrogens with zero attached hydrogens (tertiary/aromatic N) is 3. The molecule has 0 radical (unpaired) electrons. The molecule has 2 aromatic carbocycles. The van der Waals surface area contributed by atoms with E-state index >= 15 is 0 Å². The number of morpholine rings is 1. The van der Waals surface area contributed by atoms with Gasteiger partial charge in [-0.25, -0.2) is 0 Å².